The van der Waals surface area contributed by atoms with Gasteiger partial charge in [0.25, 0.3) is 0 Å². The van der Waals surface area contributed by atoms with Crippen molar-refractivity contribution in [2.45, 2.75) is 38.2 Å². The Kier molecular flexibility index (Phi) is 6.24. The van der Waals surface area contributed by atoms with Gasteiger partial charge in [0.05, 0.1) is 6.54 Å². The first-order valence-corrected chi connectivity index (χ1v) is 7.83. The molecular weight excluding hydrogens is 341 g/mol. The molecule has 1 amide bonds. The minimum absolute atomic E-state index is 0.0216. The van der Waals surface area contributed by atoms with E-state index in [1.807, 2.05) is 0 Å². The number of benzene rings is 1. The molecule has 0 aliphatic carbocycles. The number of piperidine rings is 1. The number of aliphatic carboxylic acids is 1. The van der Waals surface area contributed by atoms with E-state index in [9.17, 15) is 27.9 Å². The van der Waals surface area contributed by atoms with Gasteiger partial charge in [0, 0.05) is 6.54 Å². The van der Waals surface area contributed by atoms with Crippen LogP contribution in [0.4, 0.5) is 13.2 Å². The average molecular weight is 360 g/mol. The molecule has 0 bridgehead atoms. The number of nitrogens with one attached hydrogen (secondary N) is 1. The van der Waals surface area contributed by atoms with Gasteiger partial charge in [-0.2, -0.15) is 0 Å². The van der Waals surface area contributed by atoms with E-state index >= 15 is 0 Å². The first kappa shape index (κ1) is 19.0. The molecule has 2 N–H and O–H groups in total. The summed E-state index contributed by atoms with van der Waals surface area (Å²) in [5.41, 5.74) is 0.608. The van der Waals surface area contributed by atoms with Crippen molar-refractivity contribution in [2.75, 3.05) is 13.1 Å². The van der Waals surface area contributed by atoms with Gasteiger partial charge in [0.1, 0.15) is 11.8 Å². The normalized spacial score (nSPS) is 18.6. The van der Waals surface area contributed by atoms with E-state index in [2.05, 4.69) is 10.1 Å². The Morgan fingerprint density at radius 1 is 1.24 bits per heavy atom. The number of nitrogens with zero attached hydrogens (tertiary/aromatic N) is 1. The number of hydrogen-bond donors (Lipinski definition) is 2. The number of hydrogen-bond acceptors (Lipinski definition) is 4. The molecule has 0 saturated carbocycles. The second-order valence-electron chi connectivity index (χ2n) is 5.79. The lowest BCUT2D eigenvalue weighted by atomic mass is 10.0. The molecule has 0 aromatic heterocycles. The summed E-state index contributed by atoms with van der Waals surface area (Å²) in [6, 6.07) is 4.52. The third kappa shape index (κ3) is 6.26. The molecule has 1 aliphatic heterocycles. The fourth-order valence-corrected chi connectivity index (χ4v) is 2.71. The standard InChI is InChI=1S/C16H19F3N2O4/c17-16(18,19)25-12-6-4-11(5-7-12)9-20-14(22)10-21-8-2-1-3-13(21)15(23)24/h4-7,13H,1-3,8-10H2,(H,20,22)(H,23,24). The predicted octanol–water partition coefficient (Wildman–Crippen LogP) is 2.14. The molecule has 1 heterocycles. The van der Waals surface area contributed by atoms with Crippen LogP contribution in [-0.2, 0) is 16.1 Å². The van der Waals surface area contributed by atoms with E-state index in [1.54, 1.807) is 4.90 Å². The lowest BCUT2D eigenvalue weighted by molar-refractivity contribution is -0.274. The number of rotatable bonds is 6. The van der Waals surface area contributed by atoms with Crippen molar-refractivity contribution in [1.82, 2.24) is 10.2 Å². The second-order valence-corrected chi connectivity index (χ2v) is 5.79. The Balaban J connectivity index is 1.82. The van der Waals surface area contributed by atoms with E-state index in [0.29, 0.717) is 18.5 Å². The molecule has 9 heteroatoms. The lowest BCUT2D eigenvalue weighted by Gasteiger charge is -2.32. The third-order valence-electron chi connectivity index (χ3n) is 3.89. The van der Waals surface area contributed by atoms with Crippen LogP contribution in [0.1, 0.15) is 24.8 Å². The Bertz CT molecular complexity index is 604. The largest absolute Gasteiger partial charge is 0.573 e. The number of amides is 1. The summed E-state index contributed by atoms with van der Waals surface area (Å²) in [7, 11) is 0. The van der Waals surface area contributed by atoms with E-state index in [-0.39, 0.29) is 24.7 Å². The molecule has 1 aromatic rings. The van der Waals surface area contributed by atoms with Crippen LogP contribution in [0.25, 0.3) is 0 Å². The third-order valence-corrected chi connectivity index (χ3v) is 3.89. The molecule has 1 atom stereocenters. The SMILES string of the molecule is O=C(CN1CCCCC1C(=O)O)NCc1ccc(OC(F)(F)F)cc1. The van der Waals surface area contributed by atoms with E-state index in [0.717, 1.165) is 12.8 Å². The predicted molar refractivity (Wildman–Crippen MR) is 81.8 cm³/mol. The molecule has 0 spiro atoms. The number of halogens is 3. The molecule has 25 heavy (non-hydrogen) atoms. The van der Waals surface area contributed by atoms with Gasteiger partial charge < -0.3 is 15.2 Å². The summed E-state index contributed by atoms with van der Waals surface area (Å²) < 4.78 is 40.0. The number of alkyl halides is 3. The van der Waals surface area contributed by atoms with Gasteiger partial charge in [-0.15, -0.1) is 13.2 Å². The zero-order valence-corrected chi connectivity index (χ0v) is 13.4. The van der Waals surface area contributed by atoms with E-state index < -0.39 is 18.4 Å². The summed E-state index contributed by atoms with van der Waals surface area (Å²) in [5, 5.41) is 11.8. The highest BCUT2D eigenvalue weighted by Gasteiger charge is 2.31. The molecule has 1 fully saturated rings. The summed E-state index contributed by atoms with van der Waals surface area (Å²) in [6.45, 7) is 0.664. The van der Waals surface area contributed by atoms with E-state index in [1.165, 1.54) is 24.3 Å². The van der Waals surface area contributed by atoms with Crippen molar-refractivity contribution < 1.29 is 32.6 Å². The molecule has 0 radical (unpaired) electrons. The number of ether oxygens (including phenoxy) is 1. The van der Waals surface area contributed by atoms with Crippen molar-refractivity contribution in [3.05, 3.63) is 29.8 Å². The highest BCUT2D eigenvalue weighted by molar-refractivity contribution is 5.80. The zero-order valence-electron chi connectivity index (χ0n) is 13.4. The van der Waals surface area contributed by atoms with E-state index in [4.69, 9.17) is 0 Å². The first-order chi connectivity index (χ1) is 11.7. The first-order valence-electron chi connectivity index (χ1n) is 7.83. The van der Waals surface area contributed by atoms with Gasteiger partial charge in [-0.25, -0.2) is 0 Å². The lowest BCUT2D eigenvalue weighted by Crippen LogP contribution is -2.48. The Morgan fingerprint density at radius 3 is 2.52 bits per heavy atom. The van der Waals surface area contributed by atoms with Crippen LogP contribution in [0, 0.1) is 0 Å². The van der Waals surface area contributed by atoms with Crippen molar-refractivity contribution in [3.63, 3.8) is 0 Å². The molecule has 1 saturated heterocycles. The number of carboxylic acid groups (broad SMARTS) is 1. The molecule has 2 rings (SSSR count). The minimum Gasteiger partial charge on any atom is -0.480 e. The fourth-order valence-electron chi connectivity index (χ4n) is 2.71. The highest BCUT2D eigenvalue weighted by atomic mass is 19.4. The van der Waals surface area contributed by atoms with Gasteiger partial charge >= 0.3 is 12.3 Å². The van der Waals surface area contributed by atoms with Crippen LogP contribution < -0.4 is 10.1 Å². The minimum atomic E-state index is -4.75. The molecular formula is C16H19F3N2O4. The zero-order chi connectivity index (χ0) is 18.4. The van der Waals surface area contributed by atoms with Crippen LogP contribution in [0.15, 0.2) is 24.3 Å². The Morgan fingerprint density at radius 2 is 1.92 bits per heavy atom. The summed E-state index contributed by atoms with van der Waals surface area (Å²) >= 11 is 0. The van der Waals surface area contributed by atoms with Crippen molar-refractivity contribution >= 4 is 11.9 Å². The second kappa shape index (κ2) is 8.19. The van der Waals surface area contributed by atoms with Crippen LogP contribution in [-0.4, -0.2) is 47.4 Å². The average Bonchev–Trinajstić information content (AvgIpc) is 2.53. The summed E-state index contributed by atoms with van der Waals surface area (Å²) in [4.78, 5) is 24.8. The molecule has 1 aromatic carbocycles. The van der Waals surface area contributed by atoms with Gasteiger partial charge in [-0.3, -0.25) is 14.5 Å². The van der Waals surface area contributed by atoms with Crippen LogP contribution >= 0.6 is 0 Å². The Hall–Kier alpha value is -2.29. The highest BCUT2D eigenvalue weighted by Crippen LogP contribution is 2.22. The quantitative estimate of drug-likeness (QED) is 0.813. The molecule has 6 nitrogen and oxygen atoms in total. The molecule has 1 aliphatic rings. The monoisotopic (exact) mass is 360 g/mol. The maximum atomic E-state index is 12.1. The van der Waals surface area contributed by atoms with Gasteiger partial charge in [0.2, 0.25) is 5.91 Å². The number of likely N-dealkylation sites (tertiary alicyclic amines) is 1. The summed E-state index contributed by atoms with van der Waals surface area (Å²) in [5.74, 6) is -1.60. The van der Waals surface area contributed by atoms with Crippen LogP contribution in [0.3, 0.4) is 0 Å². The molecule has 138 valence electrons. The van der Waals surface area contributed by atoms with Crippen LogP contribution in [0.5, 0.6) is 5.75 Å². The Labute approximate surface area is 142 Å². The van der Waals surface area contributed by atoms with Crippen molar-refractivity contribution in [2.24, 2.45) is 0 Å². The summed E-state index contributed by atoms with van der Waals surface area (Å²) in [6.07, 6.45) is -2.56. The number of carboxylic acids is 1. The maximum absolute atomic E-state index is 12.1. The van der Waals surface area contributed by atoms with Gasteiger partial charge in [-0.05, 0) is 37.1 Å². The maximum Gasteiger partial charge on any atom is 0.573 e. The topological polar surface area (TPSA) is 78.9 Å². The van der Waals surface area contributed by atoms with Crippen molar-refractivity contribution in [3.8, 4) is 5.75 Å². The number of carbonyl (C=O) groups is 2. The van der Waals surface area contributed by atoms with Gasteiger partial charge in [0.15, 0.2) is 0 Å². The molecule has 1 unspecified atom stereocenters. The van der Waals surface area contributed by atoms with Crippen LogP contribution in [0.2, 0.25) is 0 Å². The fraction of sp³-hybridized carbons (Fsp3) is 0.500. The smallest absolute Gasteiger partial charge is 0.480 e. The van der Waals surface area contributed by atoms with Crippen molar-refractivity contribution in [1.29, 1.82) is 0 Å². The van der Waals surface area contributed by atoms with Gasteiger partial charge in [-0.1, -0.05) is 18.6 Å². The number of carbonyl (C=O) groups excluding carboxylic acids is 1.